The summed E-state index contributed by atoms with van der Waals surface area (Å²) >= 11 is 9.95. The van der Waals surface area contributed by atoms with E-state index < -0.39 is 0 Å². The fourth-order valence-electron chi connectivity index (χ4n) is 4.34. The largest absolute Gasteiger partial charge is 0.490 e. The van der Waals surface area contributed by atoms with E-state index in [4.69, 9.17) is 21.1 Å². The van der Waals surface area contributed by atoms with Crippen molar-refractivity contribution in [1.29, 1.82) is 0 Å². The molecule has 0 radical (unpaired) electrons. The monoisotopic (exact) mass is 550 g/mol. The highest BCUT2D eigenvalue weighted by Gasteiger charge is 2.33. The summed E-state index contributed by atoms with van der Waals surface area (Å²) in [5, 5.41) is 4.48. The first-order valence-electron chi connectivity index (χ1n) is 10.4. The van der Waals surface area contributed by atoms with Gasteiger partial charge in [-0.15, -0.1) is 24.8 Å². The lowest BCUT2D eigenvalue weighted by Gasteiger charge is -2.45. The predicted octanol–water partition coefficient (Wildman–Crippen LogP) is 6.11. The van der Waals surface area contributed by atoms with Crippen LogP contribution in [0.2, 0.25) is 5.02 Å². The van der Waals surface area contributed by atoms with Crippen LogP contribution in [0.15, 0.2) is 40.9 Å². The zero-order valence-electron chi connectivity index (χ0n) is 17.6. The van der Waals surface area contributed by atoms with Gasteiger partial charge in [0.25, 0.3) is 0 Å². The van der Waals surface area contributed by atoms with E-state index in [1.807, 2.05) is 31.2 Å². The molecular weight excluding hydrogens is 523 g/mol. The molecule has 2 aromatic rings. The van der Waals surface area contributed by atoms with E-state index in [1.165, 1.54) is 38.0 Å². The lowest BCUT2D eigenvalue weighted by atomic mass is 9.84. The van der Waals surface area contributed by atoms with E-state index in [2.05, 4.69) is 38.3 Å². The molecule has 3 saturated heterocycles. The van der Waals surface area contributed by atoms with Crippen molar-refractivity contribution < 1.29 is 9.47 Å². The molecule has 2 bridgehead atoms. The summed E-state index contributed by atoms with van der Waals surface area (Å²) in [5.41, 5.74) is 2.15. The molecule has 0 aromatic heterocycles. The van der Waals surface area contributed by atoms with Gasteiger partial charge in [0.2, 0.25) is 0 Å². The second-order valence-corrected chi connectivity index (χ2v) is 9.10. The Morgan fingerprint density at radius 2 is 1.87 bits per heavy atom. The molecule has 1 unspecified atom stereocenters. The van der Waals surface area contributed by atoms with Gasteiger partial charge < -0.3 is 19.7 Å². The summed E-state index contributed by atoms with van der Waals surface area (Å²) in [5.74, 6) is 2.30. The van der Waals surface area contributed by atoms with Crippen molar-refractivity contribution in [2.24, 2.45) is 5.92 Å². The molecule has 3 aliphatic heterocycles. The summed E-state index contributed by atoms with van der Waals surface area (Å²) < 4.78 is 12.9. The van der Waals surface area contributed by atoms with Crippen molar-refractivity contribution >= 4 is 52.3 Å². The van der Waals surface area contributed by atoms with E-state index in [0.717, 1.165) is 34.0 Å². The van der Waals surface area contributed by atoms with Gasteiger partial charge in [0.1, 0.15) is 6.61 Å². The van der Waals surface area contributed by atoms with E-state index in [1.54, 1.807) is 0 Å². The minimum atomic E-state index is 0. The number of benzene rings is 2. The molecule has 0 aliphatic carbocycles. The van der Waals surface area contributed by atoms with Crippen molar-refractivity contribution in [2.45, 2.75) is 39.0 Å². The molecule has 1 N–H and O–H groups in total. The molecule has 0 saturated carbocycles. The predicted molar refractivity (Wildman–Crippen MR) is 135 cm³/mol. The maximum Gasteiger partial charge on any atom is 0.175 e. The maximum absolute atomic E-state index is 6.26. The fraction of sp³-hybridized carbons (Fsp3) is 0.478. The molecule has 8 heteroatoms. The number of hydrogen-bond donors (Lipinski definition) is 1. The SMILES string of the molecule is CCOc1cc(CNC2CN3CCC2CC3)cc(Br)c1OCc1ccccc1Cl.Cl.Cl. The first-order valence-corrected chi connectivity index (χ1v) is 11.6. The Kier molecular flexibility index (Phi) is 10.7. The Morgan fingerprint density at radius 3 is 2.52 bits per heavy atom. The average molecular weight is 553 g/mol. The van der Waals surface area contributed by atoms with E-state index in [9.17, 15) is 0 Å². The van der Waals surface area contributed by atoms with Gasteiger partial charge in [0.05, 0.1) is 11.1 Å². The summed E-state index contributed by atoms with van der Waals surface area (Å²) in [7, 11) is 0. The molecule has 3 heterocycles. The Bertz CT molecular complexity index is 848. The number of hydrogen-bond acceptors (Lipinski definition) is 4. The molecule has 1 atom stereocenters. The highest BCUT2D eigenvalue weighted by atomic mass is 79.9. The van der Waals surface area contributed by atoms with Gasteiger partial charge >= 0.3 is 0 Å². The van der Waals surface area contributed by atoms with Crippen LogP contribution in [0.5, 0.6) is 11.5 Å². The molecule has 2 aromatic carbocycles. The van der Waals surface area contributed by atoms with Gasteiger partial charge in [0, 0.05) is 29.7 Å². The van der Waals surface area contributed by atoms with Crippen molar-refractivity contribution in [3.63, 3.8) is 0 Å². The Morgan fingerprint density at radius 1 is 1.13 bits per heavy atom. The second kappa shape index (κ2) is 12.5. The summed E-state index contributed by atoms with van der Waals surface area (Å²) in [6.45, 7) is 7.51. The van der Waals surface area contributed by atoms with Crippen molar-refractivity contribution in [3.8, 4) is 11.5 Å². The standard InChI is InChI=1S/C23H28BrClN2O2.2ClH/c1-2-28-22-12-16(13-26-21-14-27-9-7-17(21)8-10-27)11-19(24)23(22)29-15-18-5-3-4-6-20(18)25;;/h3-6,11-12,17,21,26H,2,7-10,13-15H2,1H3;2*1H. The van der Waals surface area contributed by atoms with Crippen LogP contribution in [0.1, 0.15) is 30.9 Å². The van der Waals surface area contributed by atoms with Gasteiger partial charge in [-0.3, -0.25) is 0 Å². The lowest BCUT2D eigenvalue weighted by molar-refractivity contribution is 0.0720. The highest BCUT2D eigenvalue weighted by molar-refractivity contribution is 9.10. The topological polar surface area (TPSA) is 33.7 Å². The lowest BCUT2D eigenvalue weighted by Crippen LogP contribution is -2.55. The van der Waals surface area contributed by atoms with E-state index in [-0.39, 0.29) is 24.8 Å². The van der Waals surface area contributed by atoms with E-state index in [0.29, 0.717) is 24.3 Å². The van der Waals surface area contributed by atoms with Crippen LogP contribution >= 0.6 is 52.3 Å². The van der Waals surface area contributed by atoms with Crippen LogP contribution in [0.25, 0.3) is 0 Å². The third-order valence-electron chi connectivity index (χ3n) is 5.92. The molecule has 3 aliphatic rings. The van der Waals surface area contributed by atoms with Gasteiger partial charge in [-0.05, 0) is 78.5 Å². The first kappa shape index (κ1) is 26.6. The van der Waals surface area contributed by atoms with Crippen LogP contribution in [0.3, 0.4) is 0 Å². The van der Waals surface area contributed by atoms with Gasteiger partial charge in [-0.2, -0.15) is 0 Å². The van der Waals surface area contributed by atoms with Gasteiger partial charge in [-0.1, -0.05) is 29.8 Å². The number of fused-ring (bicyclic) bond motifs is 3. The average Bonchev–Trinajstić information content (AvgIpc) is 2.74. The quantitative estimate of drug-likeness (QED) is 0.429. The number of rotatable bonds is 8. The molecule has 5 rings (SSSR count). The van der Waals surface area contributed by atoms with Crippen LogP contribution in [-0.2, 0) is 13.2 Å². The second-order valence-electron chi connectivity index (χ2n) is 7.84. The molecule has 31 heavy (non-hydrogen) atoms. The zero-order valence-corrected chi connectivity index (χ0v) is 21.6. The van der Waals surface area contributed by atoms with Gasteiger partial charge in [0.15, 0.2) is 11.5 Å². The van der Waals surface area contributed by atoms with Crippen LogP contribution < -0.4 is 14.8 Å². The molecule has 4 nitrogen and oxygen atoms in total. The minimum absolute atomic E-state index is 0. The molecular formula is C23H30BrCl3N2O2. The number of nitrogens with zero attached hydrogens (tertiary/aromatic N) is 1. The Balaban J connectivity index is 0.00000171. The third kappa shape index (κ3) is 6.66. The van der Waals surface area contributed by atoms with Crippen molar-refractivity contribution in [1.82, 2.24) is 10.2 Å². The number of ether oxygens (including phenoxy) is 2. The van der Waals surface area contributed by atoms with Crippen LogP contribution in [0.4, 0.5) is 0 Å². The highest BCUT2D eigenvalue weighted by Crippen LogP contribution is 2.38. The normalized spacial score (nSPS) is 21.7. The molecule has 3 fully saturated rings. The summed E-state index contributed by atoms with van der Waals surface area (Å²) in [4.78, 5) is 2.57. The Labute approximate surface area is 211 Å². The van der Waals surface area contributed by atoms with Crippen LogP contribution in [0, 0.1) is 5.92 Å². The minimum Gasteiger partial charge on any atom is -0.490 e. The Hall–Kier alpha value is -0.690. The molecule has 0 amide bonds. The van der Waals surface area contributed by atoms with Crippen molar-refractivity contribution in [3.05, 3.63) is 57.0 Å². The maximum atomic E-state index is 6.26. The first-order chi connectivity index (χ1) is 14.1. The smallest absolute Gasteiger partial charge is 0.175 e. The molecule has 0 spiro atoms. The third-order valence-corrected chi connectivity index (χ3v) is 6.88. The summed E-state index contributed by atoms with van der Waals surface area (Å²) in [6, 6.07) is 12.5. The van der Waals surface area contributed by atoms with Gasteiger partial charge in [-0.25, -0.2) is 0 Å². The number of halogens is 4. The summed E-state index contributed by atoms with van der Waals surface area (Å²) in [6.07, 6.45) is 2.64. The molecule has 172 valence electrons. The zero-order chi connectivity index (χ0) is 20.2. The number of piperidine rings is 3. The van der Waals surface area contributed by atoms with Crippen LogP contribution in [-0.4, -0.2) is 37.2 Å². The number of nitrogens with one attached hydrogen (secondary N) is 1. The fourth-order valence-corrected chi connectivity index (χ4v) is 5.13. The van der Waals surface area contributed by atoms with E-state index >= 15 is 0 Å². The van der Waals surface area contributed by atoms with Crippen molar-refractivity contribution in [2.75, 3.05) is 26.2 Å².